The second-order valence-corrected chi connectivity index (χ2v) is 5.35. The number of benzene rings is 1. The molecule has 0 radical (unpaired) electrons. The second kappa shape index (κ2) is 7.84. The predicted molar refractivity (Wildman–Crippen MR) is 75.6 cm³/mol. The smallest absolute Gasteiger partial charge is 0.310 e. The Labute approximate surface area is 117 Å². The Bertz CT molecular complexity index is 445. The van der Waals surface area contributed by atoms with Gasteiger partial charge in [0.15, 0.2) is 5.12 Å². The van der Waals surface area contributed by atoms with Crippen LogP contribution in [-0.2, 0) is 16.0 Å². The third kappa shape index (κ3) is 5.79. The van der Waals surface area contributed by atoms with Gasteiger partial charge in [-0.25, -0.2) is 0 Å². The first-order chi connectivity index (χ1) is 9.02. The van der Waals surface area contributed by atoms with E-state index < -0.39 is 11.9 Å². The number of carbonyl (C=O) groups excluding carboxylic acids is 1. The minimum atomic E-state index is -0.944. The minimum Gasteiger partial charge on any atom is -0.493 e. The number of ether oxygens (including phenoxy) is 1. The topological polar surface area (TPSA) is 63.6 Å². The number of carboxylic acids is 1. The molecule has 1 atom stereocenters. The summed E-state index contributed by atoms with van der Waals surface area (Å²) in [5.74, 6) is -0.726. The molecule has 0 saturated carbocycles. The van der Waals surface area contributed by atoms with E-state index in [0.29, 0.717) is 5.75 Å². The van der Waals surface area contributed by atoms with Gasteiger partial charge in [-0.3, -0.25) is 9.59 Å². The number of rotatable bonds is 7. The molecule has 19 heavy (non-hydrogen) atoms. The summed E-state index contributed by atoms with van der Waals surface area (Å²) in [4.78, 5) is 21.9. The van der Waals surface area contributed by atoms with E-state index >= 15 is 0 Å². The molecular weight excluding hydrogens is 264 g/mol. The minimum absolute atomic E-state index is 0.0722. The van der Waals surface area contributed by atoms with Crippen molar-refractivity contribution in [3.8, 4) is 5.75 Å². The van der Waals surface area contributed by atoms with Crippen molar-refractivity contribution >= 4 is 22.8 Å². The lowest BCUT2D eigenvalue weighted by atomic mass is 10.1. The van der Waals surface area contributed by atoms with Crippen molar-refractivity contribution in [3.63, 3.8) is 0 Å². The molecule has 5 heteroatoms. The summed E-state index contributed by atoms with van der Waals surface area (Å²) >= 11 is 1.01. The van der Waals surface area contributed by atoms with Crippen molar-refractivity contribution in [1.29, 1.82) is 0 Å². The fourth-order valence-electron chi connectivity index (χ4n) is 1.46. The van der Waals surface area contributed by atoms with Crippen molar-refractivity contribution in [1.82, 2.24) is 0 Å². The quantitative estimate of drug-likeness (QED) is 0.833. The largest absolute Gasteiger partial charge is 0.493 e. The molecule has 0 aliphatic heterocycles. The second-order valence-electron chi connectivity index (χ2n) is 4.15. The van der Waals surface area contributed by atoms with Gasteiger partial charge >= 0.3 is 5.97 Å². The zero-order valence-electron chi connectivity index (χ0n) is 11.1. The van der Waals surface area contributed by atoms with Crippen molar-refractivity contribution in [2.75, 3.05) is 12.4 Å². The highest BCUT2D eigenvalue weighted by atomic mass is 32.2. The maximum atomic E-state index is 11.1. The number of hydrogen-bond acceptors (Lipinski definition) is 4. The molecule has 0 bridgehead atoms. The fourth-order valence-corrected chi connectivity index (χ4v) is 2.14. The van der Waals surface area contributed by atoms with Crippen LogP contribution in [0, 0.1) is 5.92 Å². The third-order valence-corrected chi connectivity index (χ3v) is 3.57. The van der Waals surface area contributed by atoms with Crippen molar-refractivity contribution in [3.05, 3.63) is 29.8 Å². The zero-order valence-corrected chi connectivity index (χ0v) is 11.9. The SMILES string of the molecule is CCc1cccc(OCC(CSC(C)=O)C(=O)O)c1. The van der Waals surface area contributed by atoms with Crippen molar-refractivity contribution < 1.29 is 19.4 Å². The molecular formula is C14H18O4S. The van der Waals surface area contributed by atoms with Gasteiger partial charge in [0.25, 0.3) is 0 Å². The Morgan fingerprint density at radius 3 is 2.74 bits per heavy atom. The van der Waals surface area contributed by atoms with E-state index in [-0.39, 0.29) is 17.5 Å². The van der Waals surface area contributed by atoms with Crippen molar-refractivity contribution in [2.45, 2.75) is 20.3 Å². The molecule has 0 saturated heterocycles. The van der Waals surface area contributed by atoms with Gasteiger partial charge in [0, 0.05) is 12.7 Å². The molecule has 0 fully saturated rings. The first kappa shape index (κ1) is 15.6. The lowest BCUT2D eigenvalue weighted by Gasteiger charge is -2.13. The number of aliphatic carboxylic acids is 1. The summed E-state index contributed by atoms with van der Waals surface area (Å²) in [6.45, 7) is 3.54. The van der Waals surface area contributed by atoms with Gasteiger partial charge in [0.05, 0.1) is 0 Å². The summed E-state index contributed by atoms with van der Waals surface area (Å²) < 4.78 is 5.50. The summed E-state index contributed by atoms with van der Waals surface area (Å²) in [7, 11) is 0. The van der Waals surface area contributed by atoms with Crippen LogP contribution in [-0.4, -0.2) is 28.6 Å². The van der Waals surface area contributed by atoms with Crippen LogP contribution in [0.5, 0.6) is 5.75 Å². The molecule has 0 aliphatic carbocycles. The van der Waals surface area contributed by atoms with Crippen LogP contribution in [0.15, 0.2) is 24.3 Å². The first-order valence-corrected chi connectivity index (χ1v) is 7.09. The van der Waals surface area contributed by atoms with Crippen LogP contribution in [0.1, 0.15) is 19.4 Å². The van der Waals surface area contributed by atoms with E-state index in [1.165, 1.54) is 6.92 Å². The predicted octanol–water partition coefficient (Wildman–Crippen LogP) is 2.61. The van der Waals surface area contributed by atoms with E-state index in [1.54, 1.807) is 6.07 Å². The van der Waals surface area contributed by atoms with E-state index in [0.717, 1.165) is 23.7 Å². The molecule has 1 rings (SSSR count). The van der Waals surface area contributed by atoms with E-state index in [2.05, 4.69) is 0 Å². The Balaban J connectivity index is 2.55. The monoisotopic (exact) mass is 282 g/mol. The maximum absolute atomic E-state index is 11.1. The molecule has 0 amide bonds. The molecule has 1 aromatic carbocycles. The normalized spacial score (nSPS) is 11.9. The lowest BCUT2D eigenvalue weighted by Crippen LogP contribution is -2.24. The van der Waals surface area contributed by atoms with E-state index in [1.807, 2.05) is 25.1 Å². The Morgan fingerprint density at radius 2 is 2.16 bits per heavy atom. The van der Waals surface area contributed by atoms with Crippen LogP contribution in [0.2, 0.25) is 0 Å². The summed E-state index contributed by atoms with van der Waals surface area (Å²) in [6.07, 6.45) is 0.903. The number of hydrogen-bond donors (Lipinski definition) is 1. The Hall–Kier alpha value is -1.49. The van der Waals surface area contributed by atoms with Crippen LogP contribution >= 0.6 is 11.8 Å². The standard InChI is InChI=1S/C14H18O4S/c1-3-11-5-4-6-13(7-11)18-8-12(14(16)17)9-19-10(2)15/h4-7,12H,3,8-9H2,1-2H3,(H,16,17). The van der Waals surface area contributed by atoms with Gasteiger partial charge in [-0.2, -0.15) is 0 Å². The summed E-state index contributed by atoms with van der Waals surface area (Å²) in [5.41, 5.74) is 1.14. The molecule has 104 valence electrons. The first-order valence-electron chi connectivity index (χ1n) is 6.10. The fraction of sp³-hybridized carbons (Fsp3) is 0.429. The van der Waals surface area contributed by atoms with Crippen molar-refractivity contribution in [2.24, 2.45) is 5.92 Å². The van der Waals surface area contributed by atoms with Gasteiger partial charge in [-0.1, -0.05) is 30.8 Å². The lowest BCUT2D eigenvalue weighted by molar-refractivity contribution is -0.141. The Morgan fingerprint density at radius 1 is 1.42 bits per heavy atom. The molecule has 0 aliphatic rings. The van der Waals surface area contributed by atoms with Crippen LogP contribution in [0.25, 0.3) is 0 Å². The third-order valence-electron chi connectivity index (χ3n) is 2.59. The highest BCUT2D eigenvalue weighted by molar-refractivity contribution is 8.13. The van der Waals surface area contributed by atoms with Crippen LogP contribution < -0.4 is 4.74 Å². The number of thioether (sulfide) groups is 1. The van der Waals surface area contributed by atoms with Crippen LogP contribution in [0.4, 0.5) is 0 Å². The Kier molecular flexibility index (Phi) is 6.42. The molecule has 0 heterocycles. The molecule has 1 N–H and O–H groups in total. The van der Waals surface area contributed by atoms with E-state index in [4.69, 9.17) is 9.84 Å². The van der Waals surface area contributed by atoms with Crippen LogP contribution in [0.3, 0.4) is 0 Å². The summed E-state index contributed by atoms with van der Waals surface area (Å²) in [5, 5.41) is 8.98. The molecule has 1 unspecified atom stereocenters. The molecule has 4 nitrogen and oxygen atoms in total. The highest BCUT2D eigenvalue weighted by Crippen LogP contribution is 2.16. The van der Waals surface area contributed by atoms with Gasteiger partial charge < -0.3 is 9.84 Å². The molecule has 0 aromatic heterocycles. The zero-order chi connectivity index (χ0) is 14.3. The van der Waals surface area contributed by atoms with Gasteiger partial charge in [0.2, 0.25) is 0 Å². The molecule has 1 aromatic rings. The summed E-state index contributed by atoms with van der Waals surface area (Å²) in [6, 6.07) is 7.58. The molecule has 0 spiro atoms. The number of carbonyl (C=O) groups is 2. The average Bonchev–Trinajstić information content (AvgIpc) is 2.38. The van der Waals surface area contributed by atoms with E-state index in [9.17, 15) is 9.59 Å². The van der Waals surface area contributed by atoms with Gasteiger partial charge in [0.1, 0.15) is 18.3 Å². The average molecular weight is 282 g/mol. The maximum Gasteiger partial charge on any atom is 0.310 e. The number of carboxylic acid groups (broad SMARTS) is 1. The highest BCUT2D eigenvalue weighted by Gasteiger charge is 2.19. The van der Waals surface area contributed by atoms with Gasteiger partial charge in [-0.15, -0.1) is 0 Å². The van der Waals surface area contributed by atoms with Gasteiger partial charge in [-0.05, 0) is 24.1 Å². The number of aryl methyl sites for hydroxylation is 1.